The van der Waals surface area contributed by atoms with Gasteiger partial charge in [0.1, 0.15) is 5.00 Å². The molecule has 1 saturated heterocycles. The van der Waals surface area contributed by atoms with Crippen molar-refractivity contribution in [3.05, 3.63) is 16.0 Å². The molecule has 0 radical (unpaired) electrons. The minimum atomic E-state index is -0.330. The lowest BCUT2D eigenvalue weighted by atomic mass is 10.1. The van der Waals surface area contributed by atoms with Gasteiger partial charge in [0, 0.05) is 11.5 Å². The minimum Gasteiger partial charge on any atom is -0.465 e. The van der Waals surface area contributed by atoms with Gasteiger partial charge < -0.3 is 20.1 Å². The molecule has 7 heteroatoms. The number of ether oxygens (including phenoxy) is 2. The molecule has 1 fully saturated rings. The van der Waals surface area contributed by atoms with Crippen LogP contribution in [0.5, 0.6) is 0 Å². The first-order valence-electron chi connectivity index (χ1n) is 7.87. The summed E-state index contributed by atoms with van der Waals surface area (Å²) in [4.78, 5) is 13.2. The molecule has 128 valence electrons. The monoisotopic (exact) mass is 356 g/mol. The Hall–Kier alpha value is -1.18. The summed E-state index contributed by atoms with van der Waals surface area (Å²) in [7, 11) is 1.40. The number of esters is 1. The third-order valence-corrected chi connectivity index (χ3v) is 5.34. The molecule has 2 rings (SSSR count). The van der Waals surface area contributed by atoms with Gasteiger partial charge in [0.05, 0.1) is 24.8 Å². The number of thiophene rings is 1. The summed E-state index contributed by atoms with van der Waals surface area (Å²) in [5, 5.41) is 7.65. The van der Waals surface area contributed by atoms with Gasteiger partial charge >= 0.3 is 5.97 Å². The first kappa shape index (κ1) is 18.2. The Morgan fingerprint density at radius 2 is 2.30 bits per heavy atom. The van der Waals surface area contributed by atoms with Crippen LogP contribution in [0.3, 0.4) is 0 Å². The van der Waals surface area contributed by atoms with E-state index in [4.69, 9.17) is 21.7 Å². The van der Waals surface area contributed by atoms with Crippen molar-refractivity contribution in [2.75, 3.05) is 19.0 Å². The van der Waals surface area contributed by atoms with Gasteiger partial charge in [0.25, 0.3) is 0 Å². The highest BCUT2D eigenvalue weighted by molar-refractivity contribution is 7.80. The van der Waals surface area contributed by atoms with Gasteiger partial charge in [-0.05, 0) is 50.9 Å². The van der Waals surface area contributed by atoms with Gasteiger partial charge in [-0.3, -0.25) is 0 Å². The SMILES string of the molecule is CCc1c(C)sc(NC(=S)N[C@@H](C)[C@@H]2CCCO2)c1C(=O)OC. The van der Waals surface area contributed by atoms with Crippen LogP contribution in [0.1, 0.15) is 47.5 Å². The van der Waals surface area contributed by atoms with Gasteiger partial charge in [-0.15, -0.1) is 11.3 Å². The van der Waals surface area contributed by atoms with Crippen LogP contribution >= 0.6 is 23.6 Å². The fourth-order valence-electron chi connectivity index (χ4n) is 2.85. The molecule has 2 N–H and O–H groups in total. The molecule has 1 aliphatic heterocycles. The van der Waals surface area contributed by atoms with Crippen molar-refractivity contribution >= 4 is 39.6 Å². The molecule has 0 bridgehead atoms. The predicted molar refractivity (Wildman–Crippen MR) is 97.6 cm³/mol. The second-order valence-electron chi connectivity index (χ2n) is 5.62. The summed E-state index contributed by atoms with van der Waals surface area (Å²) in [6.45, 7) is 6.91. The molecule has 1 aromatic heterocycles. The lowest BCUT2D eigenvalue weighted by Gasteiger charge is -2.21. The number of thiocarbonyl (C=S) groups is 1. The highest BCUT2D eigenvalue weighted by Crippen LogP contribution is 2.34. The summed E-state index contributed by atoms with van der Waals surface area (Å²) < 4.78 is 10.6. The summed E-state index contributed by atoms with van der Waals surface area (Å²) in [5.41, 5.74) is 1.60. The molecule has 0 amide bonds. The average molecular weight is 357 g/mol. The Kier molecular flexibility index (Phi) is 6.38. The topological polar surface area (TPSA) is 59.6 Å². The fraction of sp³-hybridized carbons (Fsp3) is 0.625. The molecule has 1 aromatic rings. The van der Waals surface area contributed by atoms with Crippen molar-refractivity contribution in [1.29, 1.82) is 0 Å². The third kappa shape index (κ3) is 4.22. The number of aryl methyl sites for hydroxylation is 1. The van der Waals surface area contributed by atoms with Gasteiger partial charge in [0.15, 0.2) is 5.11 Å². The van der Waals surface area contributed by atoms with Crippen molar-refractivity contribution in [3.63, 3.8) is 0 Å². The van der Waals surface area contributed by atoms with E-state index in [1.807, 2.05) is 13.8 Å². The Balaban J connectivity index is 2.09. The smallest absolute Gasteiger partial charge is 0.341 e. The predicted octanol–water partition coefficient (Wildman–Crippen LogP) is 3.26. The number of nitrogens with one attached hydrogen (secondary N) is 2. The zero-order chi connectivity index (χ0) is 17.0. The van der Waals surface area contributed by atoms with E-state index in [0.29, 0.717) is 10.7 Å². The van der Waals surface area contributed by atoms with Crippen molar-refractivity contribution < 1.29 is 14.3 Å². The van der Waals surface area contributed by atoms with Crippen LogP contribution in [0.15, 0.2) is 0 Å². The Bertz CT molecular complexity index is 580. The average Bonchev–Trinajstić information content (AvgIpc) is 3.14. The van der Waals surface area contributed by atoms with Gasteiger partial charge in [-0.1, -0.05) is 6.92 Å². The number of hydrogen-bond acceptors (Lipinski definition) is 5. The first-order chi connectivity index (χ1) is 11.0. The maximum absolute atomic E-state index is 12.1. The zero-order valence-electron chi connectivity index (χ0n) is 14.0. The molecule has 1 aliphatic rings. The van der Waals surface area contributed by atoms with E-state index in [2.05, 4.69) is 17.6 Å². The zero-order valence-corrected chi connectivity index (χ0v) is 15.7. The lowest BCUT2D eigenvalue weighted by Crippen LogP contribution is -2.42. The van der Waals surface area contributed by atoms with E-state index in [0.717, 1.165) is 41.3 Å². The van der Waals surface area contributed by atoms with Gasteiger partial charge in [0.2, 0.25) is 0 Å². The second kappa shape index (κ2) is 8.08. The van der Waals surface area contributed by atoms with E-state index >= 15 is 0 Å². The maximum Gasteiger partial charge on any atom is 0.341 e. The Morgan fingerprint density at radius 1 is 1.57 bits per heavy atom. The van der Waals surface area contributed by atoms with Crippen molar-refractivity contribution in [2.24, 2.45) is 0 Å². The first-order valence-corrected chi connectivity index (χ1v) is 9.10. The Morgan fingerprint density at radius 3 is 2.87 bits per heavy atom. The quantitative estimate of drug-likeness (QED) is 0.624. The van der Waals surface area contributed by atoms with Crippen molar-refractivity contribution in [1.82, 2.24) is 5.32 Å². The van der Waals surface area contributed by atoms with Crippen LogP contribution in [0, 0.1) is 6.92 Å². The molecule has 0 aromatic carbocycles. The number of rotatable bonds is 5. The molecule has 0 unspecified atom stereocenters. The minimum absolute atomic E-state index is 0.130. The van der Waals surface area contributed by atoms with Crippen LogP contribution in [-0.4, -0.2) is 36.9 Å². The van der Waals surface area contributed by atoms with E-state index in [1.54, 1.807) is 0 Å². The molecule has 5 nitrogen and oxygen atoms in total. The van der Waals surface area contributed by atoms with Gasteiger partial charge in [-0.25, -0.2) is 4.79 Å². The van der Waals surface area contributed by atoms with Crippen LogP contribution in [0.4, 0.5) is 5.00 Å². The third-order valence-electron chi connectivity index (χ3n) is 4.06. The highest BCUT2D eigenvalue weighted by Gasteiger charge is 2.25. The molecule has 0 saturated carbocycles. The number of carbonyl (C=O) groups excluding carboxylic acids is 1. The maximum atomic E-state index is 12.1. The number of hydrogen-bond donors (Lipinski definition) is 2. The highest BCUT2D eigenvalue weighted by atomic mass is 32.1. The number of anilines is 1. The van der Waals surface area contributed by atoms with Crippen molar-refractivity contribution in [2.45, 2.75) is 52.2 Å². The van der Waals surface area contributed by atoms with Crippen molar-refractivity contribution in [3.8, 4) is 0 Å². The normalized spacial score (nSPS) is 18.5. The lowest BCUT2D eigenvalue weighted by molar-refractivity contribution is 0.0601. The summed E-state index contributed by atoms with van der Waals surface area (Å²) in [6.07, 6.45) is 3.10. The summed E-state index contributed by atoms with van der Waals surface area (Å²) in [6, 6.07) is 0.130. The molecule has 2 atom stereocenters. The Labute approximate surface area is 146 Å². The van der Waals surface area contributed by atoms with E-state index in [1.165, 1.54) is 18.4 Å². The van der Waals surface area contributed by atoms with Gasteiger partial charge in [-0.2, -0.15) is 0 Å². The van der Waals surface area contributed by atoms with Crippen LogP contribution in [0.2, 0.25) is 0 Å². The molecule has 2 heterocycles. The van der Waals surface area contributed by atoms with E-state index < -0.39 is 0 Å². The van der Waals surface area contributed by atoms with Crippen LogP contribution in [0.25, 0.3) is 0 Å². The molecule has 0 aliphatic carbocycles. The van der Waals surface area contributed by atoms with Crippen LogP contribution in [-0.2, 0) is 15.9 Å². The van der Waals surface area contributed by atoms with Crippen LogP contribution < -0.4 is 10.6 Å². The summed E-state index contributed by atoms with van der Waals surface area (Å²) >= 11 is 6.92. The van der Waals surface area contributed by atoms with E-state index in [9.17, 15) is 4.79 Å². The molecular weight excluding hydrogens is 332 g/mol. The molecule has 0 spiro atoms. The van der Waals surface area contributed by atoms with E-state index in [-0.39, 0.29) is 18.1 Å². The largest absolute Gasteiger partial charge is 0.465 e. The number of carbonyl (C=O) groups is 1. The second-order valence-corrected chi connectivity index (χ2v) is 7.26. The molecule has 23 heavy (non-hydrogen) atoms. The molecular formula is C16H24N2O3S2. The fourth-order valence-corrected chi connectivity index (χ4v) is 4.34. The number of methoxy groups -OCH3 is 1. The summed E-state index contributed by atoms with van der Waals surface area (Å²) in [5.74, 6) is -0.330. The standard InChI is InChI=1S/C16H24N2O3S2/c1-5-11-10(3)23-14(13(11)15(19)20-4)18-16(22)17-9(2)12-7-6-8-21-12/h9,12H,5-8H2,1-4H3,(H2,17,18,22)/t9-,12-/m0/s1.